The van der Waals surface area contributed by atoms with E-state index in [4.69, 9.17) is 4.74 Å². The Kier molecular flexibility index (Phi) is 4.35. The molecule has 1 heterocycles. The molecule has 0 atom stereocenters. The highest BCUT2D eigenvalue weighted by atomic mass is 79.9. The van der Waals surface area contributed by atoms with Gasteiger partial charge in [0.1, 0.15) is 5.69 Å². The lowest BCUT2D eigenvalue weighted by atomic mass is 10.2. The molecule has 0 bridgehead atoms. The molecule has 0 radical (unpaired) electrons. The number of aromatic nitrogens is 1. The van der Waals surface area contributed by atoms with E-state index >= 15 is 0 Å². The van der Waals surface area contributed by atoms with Gasteiger partial charge >= 0.3 is 5.97 Å². The summed E-state index contributed by atoms with van der Waals surface area (Å²) in [5, 5.41) is 0. The zero-order chi connectivity index (χ0) is 12.3. The van der Waals surface area contributed by atoms with Gasteiger partial charge in [-0.15, -0.1) is 0 Å². The summed E-state index contributed by atoms with van der Waals surface area (Å²) in [6.45, 7) is 3.42. The molecule has 6 heteroatoms. The van der Waals surface area contributed by atoms with Gasteiger partial charge in [0.25, 0.3) is 6.43 Å². The van der Waals surface area contributed by atoms with Gasteiger partial charge in [-0.05, 0) is 41.4 Å². The number of carbonyl (C=O) groups excluding carboxylic acids is 1. The zero-order valence-corrected chi connectivity index (χ0v) is 10.3. The molecule has 0 aliphatic carbocycles. The number of hydrogen-bond acceptors (Lipinski definition) is 3. The molecule has 0 N–H and O–H groups in total. The van der Waals surface area contributed by atoms with E-state index in [-0.39, 0.29) is 12.3 Å². The van der Waals surface area contributed by atoms with Crippen LogP contribution in [0.25, 0.3) is 0 Å². The Balaban J connectivity index is 3.21. The fourth-order valence-corrected chi connectivity index (χ4v) is 1.49. The predicted octanol–water partition coefficient (Wildman–Crippen LogP) is 3.27. The van der Waals surface area contributed by atoms with Crippen molar-refractivity contribution in [2.75, 3.05) is 6.61 Å². The van der Waals surface area contributed by atoms with Gasteiger partial charge in [-0.1, -0.05) is 0 Å². The van der Waals surface area contributed by atoms with Crippen LogP contribution in [0, 0.1) is 6.92 Å². The number of pyridine rings is 1. The molecule has 0 saturated heterocycles. The molecule has 16 heavy (non-hydrogen) atoms. The minimum absolute atomic E-state index is 0.114. The normalized spacial score (nSPS) is 10.6. The van der Waals surface area contributed by atoms with Crippen LogP contribution in [-0.2, 0) is 4.74 Å². The number of hydrogen-bond donors (Lipinski definition) is 0. The van der Waals surface area contributed by atoms with E-state index in [2.05, 4.69) is 20.9 Å². The second kappa shape index (κ2) is 5.34. The molecule has 0 amide bonds. The first-order chi connectivity index (χ1) is 7.47. The van der Waals surface area contributed by atoms with E-state index in [9.17, 15) is 13.6 Å². The maximum Gasteiger partial charge on any atom is 0.358 e. The number of aryl methyl sites for hydroxylation is 1. The van der Waals surface area contributed by atoms with Gasteiger partial charge in [0, 0.05) is 0 Å². The molecule has 88 valence electrons. The van der Waals surface area contributed by atoms with Gasteiger partial charge in [-0.3, -0.25) is 0 Å². The maximum absolute atomic E-state index is 12.5. The average Bonchev–Trinajstić information content (AvgIpc) is 2.21. The van der Waals surface area contributed by atoms with Crippen LogP contribution in [0.15, 0.2) is 10.5 Å². The summed E-state index contributed by atoms with van der Waals surface area (Å²) in [5.41, 5.74) is -0.0192. The topological polar surface area (TPSA) is 39.2 Å². The van der Waals surface area contributed by atoms with Gasteiger partial charge in [0.05, 0.1) is 11.1 Å². The van der Waals surface area contributed by atoms with Crippen molar-refractivity contribution in [2.45, 2.75) is 20.3 Å². The van der Waals surface area contributed by atoms with Gasteiger partial charge < -0.3 is 4.74 Å². The SMILES string of the molecule is CCOC(=O)c1nc(C(F)F)cc(C)c1Br. The van der Waals surface area contributed by atoms with Crippen LogP contribution in [-0.4, -0.2) is 17.6 Å². The monoisotopic (exact) mass is 293 g/mol. The molecule has 1 aromatic heterocycles. The lowest BCUT2D eigenvalue weighted by Gasteiger charge is -2.08. The summed E-state index contributed by atoms with van der Waals surface area (Å²) >= 11 is 3.13. The first-order valence-corrected chi connectivity index (χ1v) is 5.39. The van der Waals surface area contributed by atoms with Crippen molar-refractivity contribution in [2.24, 2.45) is 0 Å². The van der Waals surface area contributed by atoms with Crippen molar-refractivity contribution in [1.29, 1.82) is 0 Å². The molecule has 0 aliphatic rings. The van der Waals surface area contributed by atoms with E-state index in [0.29, 0.717) is 10.0 Å². The van der Waals surface area contributed by atoms with Crippen molar-refractivity contribution in [3.63, 3.8) is 0 Å². The lowest BCUT2D eigenvalue weighted by molar-refractivity contribution is 0.0516. The van der Waals surface area contributed by atoms with E-state index in [1.165, 1.54) is 6.07 Å². The van der Waals surface area contributed by atoms with Crippen molar-refractivity contribution >= 4 is 21.9 Å². The molecule has 0 aliphatic heterocycles. The molecule has 1 rings (SSSR count). The minimum atomic E-state index is -2.71. The molecular formula is C10H10BrF2NO2. The number of ether oxygens (including phenoxy) is 1. The zero-order valence-electron chi connectivity index (χ0n) is 8.76. The summed E-state index contributed by atoms with van der Waals surface area (Å²) in [5.74, 6) is -0.708. The number of rotatable bonds is 3. The summed E-state index contributed by atoms with van der Waals surface area (Å²) in [4.78, 5) is 15.0. The number of carbonyl (C=O) groups is 1. The maximum atomic E-state index is 12.5. The fraction of sp³-hybridized carbons (Fsp3) is 0.400. The molecule has 1 aromatic rings. The Morgan fingerprint density at radius 3 is 2.75 bits per heavy atom. The van der Waals surface area contributed by atoms with Crippen LogP contribution in [0.4, 0.5) is 8.78 Å². The summed E-state index contributed by atoms with van der Waals surface area (Å²) in [6.07, 6.45) is -2.71. The minimum Gasteiger partial charge on any atom is -0.461 e. The van der Waals surface area contributed by atoms with Crippen LogP contribution >= 0.6 is 15.9 Å². The fourth-order valence-electron chi connectivity index (χ4n) is 1.13. The van der Waals surface area contributed by atoms with Crippen molar-refractivity contribution in [3.8, 4) is 0 Å². The van der Waals surface area contributed by atoms with E-state index in [0.717, 1.165) is 0 Å². The van der Waals surface area contributed by atoms with Crippen LogP contribution in [0.2, 0.25) is 0 Å². The highest BCUT2D eigenvalue weighted by Crippen LogP contribution is 2.25. The first kappa shape index (κ1) is 13.0. The third-order valence-corrected chi connectivity index (χ3v) is 2.85. The number of nitrogens with zero attached hydrogens (tertiary/aromatic N) is 1. The third-order valence-electron chi connectivity index (χ3n) is 1.85. The smallest absolute Gasteiger partial charge is 0.358 e. The second-order valence-electron chi connectivity index (χ2n) is 3.05. The molecule has 0 aromatic carbocycles. The molecule has 0 saturated carbocycles. The number of alkyl halides is 2. The summed E-state index contributed by atoms with van der Waals surface area (Å²) < 4.78 is 30.1. The largest absolute Gasteiger partial charge is 0.461 e. The quantitative estimate of drug-likeness (QED) is 0.803. The standard InChI is InChI=1S/C10H10BrF2NO2/c1-3-16-10(15)8-7(11)5(2)4-6(14-8)9(12)13/h4,9H,3H2,1-2H3. The number of esters is 1. The van der Waals surface area contributed by atoms with Crippen LogP contribution in [0.5, 0.6) is 0 Å². The summed E-state index contributed by atoms with van der Waals surface area (Å²) in [6, 6.07) is 1.23. The van der Waals surface area contributed by atoms with Gasteiger partial charge in [0.15, 0.2) is 5.69 Å². The van der Waals surface area contributed by atoms with Gasteiger partial charge in [-0.2, -0.15) is 0 Å². The van der Waals surface area contributed by atoms with Gasteiger partial charge in [-0.25, -0.2) is 18.6 Å². The van der Waals surface area contributed by atoms with Crippen LogP contribution in [0.1, 0.15) is 35.1 Å². The van der Waals surface area contributed by atoms with Crippen LogP contribution in [0.3, 0.4) is 0 Å². The van der Waals surface area contributed by atoms with E-state index < -0.39 is 18.1 Å². The van der Waals surface area contributed by atoms with E-state index in [1.807, 2.05) is 0 Å². The highest BCUT2D eigenvalue weighted by molar-refractivity contribution is 9.10. The van der Waals surface area contributed by atoms with Gasteiger partial charge in [0.2, 0.25) is 0 Å². The van der Waals surface area contributed by atoms with Crippen LogP contribution < -0.4 is 0 Å². The highest BCUT2D eigenvalue weighted by Gasteiger charge is 2.19. The molecule has 0 spiro atoms. The average molecular weight is 294 g/mol. The molecule has 3 nitrogen and oxygen atoms in total. The van der Waals surface area contributed by atoms with Crippen molar-refractivity contribution < 1.29 is 18.3 Å². The summed E-state index contributed by atoms with van der Waals surface area (Å²) in [7, 11) is 0. The molecule has 0 fully saturated rings. The predicted molar refractivity (Wildman–Crippen MR) is 57.6 cm³/mol. The molecule has 0 unspecified atom stereocenters. The Labute approximate surface area is 99.9 Å². The first-order valence-electron chi connectivity index (χ1n) is 4.59. The van der Waals surface area contributed by atoms with Crippen molar-refractivity contribution in [3.05, 3.63) is 27.5 Å². The Morgan fingerprint density at radius 1 is 1.62 bits per heavy atom. The number of halogens is 3. The Morgan fingerprint density at radius 2 is 2.25 bits per heavy atom. The third kappa shape index (κ3) is 2.75. The molecular weight excluding hydrogens is 284 g/mol. The van der Waals surface area contributed by atoms with Crippen molar-refractivity contribution in [1.82, 2.24) is 4.98 Å². The lowest BCUT2D eigenvalue weighted by Crippen LogP contribution is -2.10. The Hall–Kier alpha value is -1.04. The second-order valence-corrected chi connectivity index (χ2v) is 3.84. The van der Waals surface area contributed by atoms with E-state index in [1.54, 1.807) is 13.8 Å². The Bertz CT molecular complexity index is 410.